The number of hydrogen-bond donors (Lipinski definition) is 2. The van der Waals surface area contributed by atoms with Crippen LogP contribution in [0.2, 0.25) is 0 Å². The second kappa shape index (κ2) is 9.24. The first kappa shape index (κ1) is 25.4. The molecule has 0 bridgehead atoms. The number of fused-ring (bicyclic) bond motifs is 2. The van der Waals surface area contributed by atoms with Crippen LogP contribution < -0.4 is 20.7 Å². The van der Waals surface area contributed by atoms with Crippen LogP contribution in [0.25, 0.3) is 33.2 Å². The first-order valence-electron chi connectivity index (χ1n) is 11.8. The van der Waals surface area contributed by atoms with Crippen molar-refractivity contribution in [3.63, 3.8) is 0 Å². The van der Waals surface area contributed by atoms with Gasteiger partial charge in [-0.05, 0) is 38.1 Å². The van der Waals surface area contributed by atoms with Gasteiger partial charge in [-0.3, -0.25) is 9.48 Å². The number of amides is 1. The van der Waals surface area contributed by atoms with E-state index < -0.39 is 23.8 Å². The third kappa shape index (κ3) is 4.84. The molecule has 198 valence electrons. The molecule has 1 aliphatic heterocycles. The van der Waals surface area contributed by atoms with Crippen molar-refractivity contribution in [2.75, 3.05) is 18.0 Å². The highest BCUT2D eigenvalue weighted by molar-refractivity contribution is 6.05. The number of esters is 1. The number of anilines is 1. The molecule has 0 aliphatic carbocycles. The van der Waals surface area contributed by atoms with Crippen molar-refractivity contribution < 1.29 is 27.5 Å². The van der Waals surface area contributed by atoms with Crippen LogP contribution in [0, 0.1) is 0 Å². The van der Waals surface area contributed by atoms with Gasteiger partial charge in [-0.2, -0.15) is 18.3 Å². The third-order valence-corrected chi connectivity index (χ3v) is 6.23. The van der Waals surface area contributed by atoms with Gasteiger partial charge in [-0.25, -0.2) is 14.8 Å². The molecule has 5 rings (SSSR count). The number of nitrogens with two attached hydrogens (primary N) is 1. The molecule has 2 aromatic heterocycles. The summed E-state index contributed by atoms with van der Waals surface area (Å²) in [5.74, 6) is -3.82. The summed E-state index contributed by atoms with van der Waals surface area (Å²) in [5, 5.41) is 8.55. The predicted molar refractivity (Wildman–Crippen MR) is 134 cm³/mol. The quantitative estimate of drug-likeness (QED) is 0.306. The molecule has 3 heterocycles. The van der Waals surface area contributed by atoms with Crippen molar-refractivity contribution >= 4 is 39.4 Å². The second-order valence-corrected chi connectivity index (χ2v) is 9.43. The van der Waals surface area contributed by atoms with E-state index in [1.165, 1.54) is 16.8 Å². The molecule has 2 aromatic carbocycles. The molecule has 1 saturated heterocycles. The lowest BCUT2D eigenvalue weighted by Gasteiger charge is -2.37. The fourth-order valence-electron chi connectivity index (χ4n) is 4.75. The Balaban J connectivity index is 1.65. The average Bonchev–Trinajstić information content (AvgIpc) is 3.20. The Morgan fingerprint density at radius 2 is 1.79 bits per heavy atom. The maximum atomic E-state index is 13.0. The number of hydrogen-bond acceptors (Lipinski definition) is 8. The van der Waals surface area contributed by atoms with Gasteiger partial charge in [-0.1, -0.05) is 0 Å². The minimum absolute atomic E-state index is 0.0265. The number of halogens is 3. The Kier molecular flexibility index (Phi) is 6.18. The van der Waals surface area contributed by atoms with Crippen LogP contribution in [-0.4, -0.2) is 63.0 Å². The number of primary amides is 1. The molecule has 3 N–H and O–H groups in total. The summed E-state index contributed by atoms with van der Waals surface area (Å²) in [4.78, 5) is 35.1. The normalized spacial score (nSPS) is 18.2. The Bertz CT molecular complexity index is 1570. The van der Waals surface area contributed by atoms with Crippen LogP contribution in [0.15, 0.2) is 36.5 Å². The molecule has 0 saturated carbocycles. The topological polar surface area (TPSA) is 128 Å². The minimum Gasteiger partial charge on any atom is -0.419 e. The number of piperazine rings is 1. The number of rotatable bonds is 4. The SMILES string of the molecule is C[C@@H]1CN(c2ccc3nc(-c4cc5cn(C)nc5cc4OC(=O)C(F)(F)F)nc(C(N)=O)c3c2)C[C@H](C)N1. The summed E-state index contributed by atoms with van der Waals surface area (Å²) in [6.45, 7) is 5.66. The van der Waals surface area contributed by atoms with E-state index in [0.29, 0.717) is 21.8 Å². The van der Waals surface area contributed by atoms with E-state index >= 15 is 0 Å². The highest BCUT2D eigenvalue weighted by Crippen LogP contribution is 2.35. The number of carbonyl (C=O) groups is 2. The van der Waals surface area contributed by atoms with Crippen molar-refractivity contribution in [2.45, 2.75) is 32.1 Å². The van der Waals surface area contributed by atoms with Crippen LogP contribution >= 0.6 is 0 Å². The molecule has 1 fully saturated rings. The molecule has 1 aliphatic rings. The van der Waals surface area contributed by atoms with Gasteiger partial charge in [0.2, 0.25) is 0 Å². The minimum atomic E-state index is -5.23. The number of benzene rings is 2. The van der Waals surface area contributed by atoms with E-state index in [2.05, 4.69) is 39.1 Å². The van der Waals surface area contributed by atoms with E-state index in [1.807, 2.05) is 6.07 Å². The number of alkyl halides is 3. The zero-order valence-electron chi connectivity index (χ0n) is 20.7. The molecule has 10 nitrogen and oxygen atoms in total. The molecule has 0 unspecified atom stereocenters. The summed E-state index contributed by atoms with van der Waals surface area (Å²) in [6, 6.07) is 8.48. The fourth-order valence-corrected chi connectivity index (χ4v) is 4.75. The maximum absolute atomic E-state index is 13.0. The van der Waals surface area contributed by atoms with Crippen molar-refractivity contribution in [1.29, 1.82) is 0 Å². The lowest BCUT2D eigenvalue weighted by Crippen LogP contribution is -2.54. The van der Waals surface area contributed by atoms with Gasteiger partial charge in [0, 0.05) is 60.9 Å². The van der Waals surface area contributed by atoms with E-state index in [0.717, 1.165) is 18.8 Å². The van der Waals surface area contributed by atoms with Crippen LogP contribution in [-0.2, 0) is 11.8 Å². The molecular weight excluding hydrogens is 503 g/mol. The standard InChI is InChI=1S/C25H24F3N7O3/c1-12-9-35(10-13(2)30-12)15-4-5-18-16(7-15)21(22(29)36)32-23(31-18)17-6-14-11-34(3)33-19(14)8-20(17)38-24(37)25(26,27)28/h4-8,11-13,30H,9-10H2,1-3H3,(H2,29,36)/t12-,13+. The molecule has 0 radical (unpaired) electrons. The Morgan fingerprint density at radius 1 is 1.08 bits per heavy atom. The molecule has 2 atom stereocenters. The molecular formula is C25H24F3N7O3. The van der Waals surface area contributed by atoms with Gasteiger partial charge in [-0.15, -0.1) is 0 Å². The summed E-state index contributed by atoms with van der Waals surface area (Å²) in [6.07, 6.45) is -3.60. The van der Waals surface area contributed by atoms with Crippen LogP contribution in [0.3, 0.4) is 0 Å². The van der Waals surface area contributed by atoms with Gasteiger partial charge in [0.25, 0.3) is 5.91 Å². The van der Waals surface area contributed by atoms with Crippen LogP contribution in [0.5, 0.6) is 5.75 Å². The zero-order valence-corrected chi connectivity index (χ0v) is 20.7. The van der Waals surface area contributed by atoms with E-state index in [4.69, 9.17) is 10.5 Å². The number of carbonyl (C=O) groups excluding carboxylic acids is 2. The van der Waals surface area contributed by atoms with Gasteiger partial charge < -0.3 is 20.7 Å². The van der Waals surface area contributed by atoms with E-state index in [9.17, 15) is 22.8 Å². The summed E-state index contributed by atoms with van der Waals surface area (Å²) < 4.78 is 45.2. The predicted octanol–water partition coefficient (Wildman–Crippen LogP) is 2.94. The van der Waals surface area contributed by atoms with Crippen molar-refractivity contribution in [3.8, 4) is 17.1 Å². The van der Waals surface area contributed by atoms with Gasteiger partial charge in [0.1, 0.15) is 11.4 Å². The Hall–Kier alpha value is -4.26. The van der Waals surface area contributed by atoms with Crippen LogP contribution in [0.1, 0.15) is 24.3 Å². The molecule has 13 heteroatoms. The molecule has 4 aromatic rings. The number of aryl methyl sites for hydroxylation is 1. The van der Waals surface area contributed by atoms with E-state index in [-0.39, 0.29) is 29.2 Å². The number of nitrogens with one attached hydrogen (secondary N) is 1. The Morgan fingerprint density at radius 3 is 2.45 bits per heavy atom. The first-order chi connectivity index (χ1) is 17.9. The second-order valence-electron chi connectivity index (χ2n) is 9.43. The molecule has 1 amide bonds. The maximum Gasteiger partial charge on any atom is 0.491 e. The smallest absolute Gasteiger partial charge is 0.419 e. The largest absolute Gasteiger partial charge is 0.491 e. The van der Waals surface area contributed by atoms with Crippen molar-refractivity contribution in [3.05, 3.63) is 42.2 Å². The highest BCUT2D eigenvalue weighted by Gasteiger charge is 2.42. The summed E-state index contributed by atoms with van der Waals surface area (Å²) >= 11 is 0. The molecule has 38 heavy (non-hydrogen) atoms. The van der Waals surface area contributed by atoms with Gasteiger partial charge in [0.15, 0.2) is 5.82 Å². The third-order valence-electron chi connectivity index (χ3n) is 6.23. The van der Waals surface area contributed by atoms with E-state index in [1.54, 1.807) is 25.4 Å². The van der Waals surface area contributed by atoms with Crippen LogP contribution in [0.4, 0.5) is 18.9 Å². The number of nitrogens with zero attached hydrogens (tertiary/aromatic N) is 5. The van der Waals surface area contributed by atoms with Gasteiger partial charge >= 0.3 is 12.1 Å². The lowest BCUT2D eigenvalue weighted by atomic mass is 10.1. The zero-order chi connectivity index (χ0) is 27.4. The first-order valence-corrected chi connectivity index (χ1v) is 11.8. The Labute approximate surface area is 214 Å². The fraction of sp³-hybridized carbons (Fsp3) is 0.320. The molecule has 0 spiro atoms. The summed E-state index contributed by atoms with van der Waals surface area (Å²) in [5.41, 5.74) is 7.03. The summed E-state index contributed by atoms with van der Waals surface area (Å²) in [7, 11) is 1.64. The van der Waals surface area contributed by atoms with Crippen molar-refractivity contribution in [2.24, 2.45) is 12.8 Å². The van der Waals surface area contributed by atoms with Crippen molar-refractivity contribution in [1.82, 2.24) is 25.1 Å². The number of aromatic nitrogens is 4. The number of ether oxygens (including phenoxy) is 1. The lowest BCUT2D eigenvalue weighted by molar-refractivity contribution is -0.189. The average molecular weight is 528 g/mol. The monoisotopic (exact) mass is 527 g/mol. The highest BCUT2D eigenvalue weighted by atomic mass is 19.4. The van der Waals surface area contributed by atoms with Gasteiger partial charge in [0.05, 0.1) is 16.6 Å².